The second-order valence-corrected chi connectivity index (χ2v) is 6.14. The van der Waals surface area contributed by atoms with Gasteiger partial charge in [-0.3, -0.25) is 0 Å². The lowest BCUT2D eigenvalue weighted by atomic mass is 9.91. The van der Waals surface area contributed by atoms with E-state index in [-0.39, 0.29) is 12.2 Å². The third-order valence-electron chi connectivity index (χ3n) is 2.71. The van der Waals surface area contributed by atoms with Crippen LogP contribution in [0, 0.1) is 5.92 Å². The maximum atomic E-state index is 5.76. The van der Waals surface area contributed by atoms with Crippen molar-refractivity contribution in [1.82, 2.24) is 0 Å². The molecule has 0 aromatic carbocycles. The molecule has 0 heterocycles. The number of ether oxygens (including phenoxy) is 3. The van der Waals surface area contributed by atoms with Crippen molar-refractivity contribution in [3.05, 3.63) is 0 Å². The molecule has 1 saturated carbocycles. The summed E-state index contributed by atoms with van der Waals surface area (Å²) in [6.07, 6.45) is 2.56. The molecule has 0 radical (unpaired) electrons. The Morgan fingerprint density at radius 1 is 1.18 bits per heavy atom. The van der Waals surface area contributed by atoms with Crippen LogP contribution in [0.3, 0.4) is 0 Å². The summed E-state index contributed by atoms with van der Waals surface area (Å²) in [5, 5.41) is 0. The molecule has 17 heavy (non-hydrogen) atoms. The van der Waals surface area contributed by atoms with Gasteiger partial charge in [0.1, 0.15) is 0 Å². The van der Waals surface area contributed by atoms with Gasteiger partial charge in [-0.1, -0.05) is 36.7 Å². The molecule has 4 heteroatoms. The monoisotopic (exact) mass is 308 g/mol. The van der Waals surface area contributed by atoms with E-state index < -0.39 is 0 Å². The predicted octanol–water partition coefficient (Wildman–Crippen LogP) is 3.01. The van der Waals surface area contributed by atoms with Crippen molar-refractivity contribution in [2.75, 3.05) is 26.4 Å². The minimum absolute atomic E-state index is 0.222. The molecule has 0 bridgehead atoms. The van der Waals surface area contributed by atoms with Gasteiger partial charge >= 0.3 is 0 Å². The van der Waals surface area contributed by atoms with Crippen LogP contribution in [0.5, 0.6) is 0 Å². The number of hydrogen-bond acceptors (Lipinski definition) is 3. The topological polar surface area (TPSA) is 27.7 Å². The van der Waals surface area contributed by atoms with Crippen LogP contribution >= 0.6 is 15.9 Å². The van der Waals surface area contributed by atoms with Gasteiger partial charge in [-0.05, 0) is 18.8 Å². The third-order valence-corrected chi connectivity index (χ3v) is 3.60. The standard InChI is InChI=1S/C13H25BrO3/c1-4-5-17-13-11(14)8-12(13)16-7-6-15-9-10(2)3/h10-13H,4-9H2,1-3H3. The van der Waals surface area contributed by atoms with Gasteiger partial charge in [0, 0.05) is 18.0 Å². The highest BCUT2D eigenvalue weighted by Gasteiger charge is 2.41. The van der Waals surface area contributed by atoms with Gasteiger partial charge in [-0.25, -0.2) is 0 Å². The Labute approximate surface area is 113 Å². The second kappa shape index (κ2) is 8.46. The Balaban J connectivity index is 2.03. The number of hydrogen-bond donors (Lipinski definition) is 0. The number of rotatable bonds is 9. The van der Waals surface area contributed by atoms with Gasteiger partial charge in [-0.15, -0.1) is 0 Å². The van der Waals surface area contributed by atoms with Crippen LogP contribution in [-0.2, 0) is 14.2 Å². The maximum Gasteiger partial charge on any atom is 0.0962 e. The summed E-state index contributed by atoms with van der Waals surface area (Å²) >= 11 is 3.60. The normalized spacial score (nSPS) is 28.4. The first-order chi connectivity index (χ1) is 8.15. The lowest BCUT2D eigenvalue weighted by molar-refractivity contribution is -0.129. The highest BCUT2D eigenvalue weighted by Crippen LogP contribution is 2.33. The molecule has 0 saturated heterocycles. The van der Waals surface area contributed by atoms with Crippen molar-refractivity contribution in [2.24, 2.45) is 5.92 Å². The number of halogens is 1. The zero-order valence-electron chi connectivity index (χ0n) is 11.2. The zero-order valence-corrected chi connectivity index (χ0v) is 12.7. The smallest absolute Gasteiger partial charge is 0.0962 e. The van der Waals surface area contributed by atoms with Gasteiger partial charge in [0.2, 0.25) is 0 Å². The van der Waals surface area contributed by atoms with Crippen molar-refractivity contribution in [3.63, 3.8) is 0 Å². The Bertz CT molecular complexity index is 199. The van der Waals surface area contributed by atoms with Gasteiger partial charge in [-0.2, -0.15) is 0 Å². The van der Waals surface area contributed by atoms with Crippen molar-refractivity contribution in [2.45, 2.75) is 50.6 Å². The third kappa shape index (κ3) is 5.69. The lowest BCUT2D eigenvalue weighted by Gasteiger charge is -2.40. The Morgan fingerprint density at radius 3 is 2.53 bits per heavy atom. The Hall–Kier alpha value is 0.360. The van der Waals surface area contributed by atoms with E-state index in [1.165, 1.54) is 0 Å². The average Bonchev–Trinajstić information content (AvgIpc) is 2.27. The summed E-state index contributed by atoms with van der Waals surface area (Å²) in [4.78, 5) is 0.454. The molecule has 1 fully saturated rings. The molecule has 1 aliphatic carbocycles. The summed E-state index contributed by atoms with van der Waals surface area (Å²) < 4.78 is 17.0. The first-order valence-corrected chi connectivity index (χ1v) is 7.51. The predicted molar refractivity (Wildman–Crippen MR) is 72.8 cm³/mol. The summed E-state index contributed by atoms with van der Waals surface area (Å²) in [5.74, 6) is 0.589. The quantitative estimate of drug-likeness (QED) is 0.484. The van der Waals surface area contributed by atoms with Gasteiger partial charge in [0.15, 0.2) is 0 Å². The average molecular weight is 309 g/mol. The molecule has 3 unspecified atom stereocenters. The van der Waals surface area contributed by atoms with E-state index in [4.69, 9.17) is 14.2 Å². The Kier molecular flexibility index (Phi) is 7.67. The molecular weight excluding hydrogens is 284 g/mol. The molecule has 102 valence electrons. The molecule has 0 spiro atoms. The summed E-state index contributed by atoms with van der Waals surface area (Å²) in [6.45, 7) is 9.40. The van der Waals surface area contributed by atoms with Crippen molar-refractivity contribution in [3.8, 4) is 0 Å². The summed E-state index contributed by atoms with van der Waals surface area (Å²) in [5.41, 5.74) is 0. The fraction of sp³-hybridized carbons (Fsp3) is 1.00. The van der Waals surface area contributed by atoms with Crippen molar-refractivity contribution in [1.29, 1.82) is 0 Å². The first kappa shape index (κ1) is 15.4. The zero-order chi connectivity index (χ0) is 12.7. The van der Waals surface area contributed by atoms with Crippen LogP contribution in [0.15, 0.2) is 0 Å². The SMILES string of the molecule is CCCOC1C(Br)CC1OCCOCC(C)C. The van der Waals surface area contributed by atoms with Gasteiger partial charge in [0.05, 0.1) is 25.4 Å². The van der Waals surface area contributed by atoms with Crippen molar-refractivity contribution < 1.29 is 14.2 Å². The summed E-state index contributed by atoms with van der Waals surface area (Å²) in [6, 6.07) is 0. The molecule has 0 aromatic rings. The van der Waals surface area contributed by atoms with E-state index in [1.807, 2.05) is 0 Å². The van der Waals surface area contributed by atoms with E-state index >= 15 is 0 Å². The van der Waals surface area contributed by atoms with E-state index in [0.29, 0.717) is 24.0 Å². The molecular formula is C13H25BrO3. The van der Waals surface area contributed by atoms with E-state index in [2.05, 4.69) is 36.7 Å². The van der Waals surface area contributed by atoms with Crippen LogP contribution in [0.4, 0.5) is 0 Å². The van der Waals surface area contributed by atoms with Crippen LogP contribution in [0.1, 0.15) is 33.6 Å². The van der Waals surface area contributed by atoms with E-state index in [0.717, 1.165) is 26.1 Å². The van der Waals surface area contributed by atoms with Gasteiger partial charge in [0.25, 0.3) is 0 Å². The molecule has 1 aliphatic rings. The fourth-order valence-electron chi connectivity index (χ4n) is 1.73. The minimum Gasteiger partial charge on any atom is -0.379 e. The van der Waals surface area contributed by atoms with Crippen LogP contribution in [0.25, 0.3) is 0 Å². The van der Waals surface area contributed by atoms with Crippen LogP contribution in [0.2, 0.25) is 0 Å². The molecule has 1 rings (SSSR count). The largest absolute Gasteiger partial charge is 0.379 e. The van der Waals surface area contributed by atoms with Gasteiger partial charge < -0.3 is 14.2 Å². The van der Waals surface area contributed by atoms with Crippen LogP contribution < -0.4 is 0 Å². The summed E-state index contributed by atoms with van der Waals surface area (Å²) in [7, 11) is 0. The molecule has 0 amide bonds. The van der Waals surface area contributed by atoms with Crippen molar-refractivity contribution >= 4 is 15.9 Å². The molecule has 0 N–H and O–H groups in total. The second-order valence-electron chi connectivity index (χ2n) is 4.97. The lowest BCUT2D eigenvalue weighted by Crippen LogP contribution is -2.51. The fourth-order valence-corrected chi connectivity index (χ4v) is 2.59. The highest BCUT2D eigenvalue weighted by atomic mass is 79.9. The number of alkyl halides is 1. The first-order valence-electron chi connectivity index (χ1n) is 6.60. The Morgan fingerprint density at radius 2 is 1.94 bits per heavy atom. The molecule has 3 atom stereocenters. The minimum atomic E-state index is 0.222. The molecule has 3 nitrogen and oxygen atoms in total. The molecule has 0 aliphatic heterocycles. The van der Waals surface area contributed by atoms with Crippen LogP contribution in [-0.4, -0.2) is 43.5 Å². The van der Waals surface area contributed by atoms with E-state index in [9.17, 15) is 0 Å². The maximum absolute atomic E-state index is 5.76. The van der Waals surface area contributed by atoms with E-state index in [1.54, 1.807) is 0 Å². The highest BCUT2D eigenvalue weighted by molar-refractivity contribution is 9.09. The molecule has 0 aromatic heterocycles.